The summed E-state index contributed by atoms with van der Waals surface area (Å²) in [6.07, 6.45) is 13.9. The molecule has 2 heteroatoms. The minimum atomic E-state index is 0.310. The van der Waals surface area contributed by atoms with Gasteiger partial charge >= 0.3 is 0 Å². The number of nitrogens with zero attached hydrogens (tertiary/aromatic N) is 2. The van der Waals surface area contributed by atoms with Crippen LogP contribution in [-0.4, -0.2) is 16.7 Å². The van der Waals surface area contributed by atoms with Crippen molar-refractivity contribution in [3.8, 4) is 5.69 Å². The van der Waals surface area contributed by atoms with Crippen molar-refractivity contribution < 1.29 is 0 Å². The number of allylic oxidation sites excluding steroid dienone is 4. The third kappa shape index (κ3) is 12.9. The van der Waals surface area contributed by atoms with Gasteiger partial charge in [0.05, 0.1) is 23.1 Å². The molecule has 1 aromatic heterocycles. The van der Waals surface area contributed by atoms with Crippen molar-refractivity contribution in [3.05, 3.63) is 287 Å². The molecular weight excluding hydrogens is 845 g/mol. The van der Waals surface area contributed by atoms with E-state index in [4.69, 9.17) is 0 Å². The molecule has 2 nitrogen and oxygen atoms in total. The zero-order valence-corrected chi connectivity index (χ0v) is 42.6. The Labute approximate surface area is 419 Å². The van der Waals surface area contributed by atoms with Gasteiger partial charge in [0, 0.05) is 22.1 Å². The van der Waals surface area contributed by atoms with Gasteiger partial charge in [0.1, 0.15) is 0 Å². The highest BCUT2D eigenvalue weighted by Gasteiger charge is 2.28. The van der Waals surface area contributed by atoms with E-state index in [1.54, 1.807) is 0 Å². The van der Waals surface area contributed by atoms with E-state index < -0.39 is 0 Å². The Balaban J connectivity index is 0.000000166. The maximum atomic E-state index is 2.61. The molecule has 0 bridgehead atoms. The zero-order valence-electron chi connectivity index (χ0n) is 42.6. The number of hydrogen-bond acceptors (Lipinski definition) is 1. The van der Waals surface area contributed by atoms with Gasteiger partial charge in [-0.2, -0.15) is 0 Å². The summed E-state index contributed by atoms with van der Waals surface area (Å²) in [6, 6.07) is 75.5. The summed E-state index contributed by atoms with van der Waals surface area (Å²) in [5, 5.41) is 2.64. The summed E-state index contributed by atoms with van der Waals surface area (Å²) in [5.41, 5.74) is 18.4. The molecule has 2 unspecified atom stereocenters. The van der Waals surface area contributed by atoms with Gasteiger partial charge in [0.15, 0.2) is 0 Å². The molecule has 9 aromatic rings. The highest BCUT2D eigenvalue weighted by Crippen LogP contribution is 2.37. The van der Waals surface area contributed by atoms with Gasteiger partial charge in [0.25, 0.3) is 0 Å². The number of anilines is 1. The molecule has 8 aromatic carbocycles. The molecule has 2 aliphatic carbocycles. The van der Waals surface area contributed by atoms with Crippen LogP contribution in [-0.2, 0) is 0 Å². The van der Waals surface area contributed by atoms with Crippen molar-refractivity contribution in [2.24, 2.45) is 0 Å². The average molecular weight is 915 g/mol. The van der Waals surface area contributed by atoms with E-state index in [1.165, 1.54) is 88.8 Å². The Hall–Kier alpha value is -7.68. The molecule has 352 valence electrons. The van der Waals surface area contributed by atoms with Gasteiger partial charge in [-0.05, 0) is 130 Å². The molecule has 0 spiro atoms. The first-order chi connectivity index (χ1) is 34.2. The minimum absolute atomic E-state index is 0.310. The second kappa shape index (κ2) is 25.1. The lowest BCUT2D eigenvalue weighted by molar-refractivity contribution is 0.620. The number of benzene rings is 8. The predicted molar refractivity (Wildman–Crippen MR) is 306 cm³/mol. The molecule has 2 atom stereocenters. The molecule has 11 rings (SSSR count). The first kappa shape index (κ1) is 50.2. The number of hydrogen-bond donors (Lipinski definition) is 0. The Morgan fingerprint density at radius 1 is 0.443 bits per heavy atom. The Kier molecular flexibility index (Phi) is 18.0. The summed E-state index contributed by atoms with van der Waals surface area (Å²) < 4.78 is 2.34. The lowest BCUT2D eigenvalue weighted by Crippen LogP contribution is -2.43. The number of aryl methyl sites for hydroxylation is 5. The van der Waals surface area contributed by atoms with Crippen LogP contribution < -0.4 is 4.90 Å². The summed E-state index contributed by atoms with van der Waals surface area (Å²) in [5.74, 6) is 0. The Morgan fingerprint density at radius 2 is 0.957 bits per heavy atom. The maximum absolute atomic E-state index is 2.61. The number of fused-ring (bicyclic) bond motifs is 3. The van der Waals surface area contributed by atoms with E-state index in [9.17, 15) is 0 Å². The second-order valence-corrected chi connectivity index (χ2v) is 18.1. The maximum Gasteiger partial charge on any atom is 0.0541 e. The van der Waals surface area contributed by atoms with Gasteiger partial charge < -0.3 is 9.47 Å². The van der Waals surface area contributed by atoms with Crippen LogP contribution in [0.4, 0.5) is 5.69 Å². The molecule has 0 aliphatic heterocycles. The SMILES string of the molecule is CC.CC1=C(c2ccccc2C)CC(N(c2ccccc2)C2C=CC(c3ccc(C)cc3)=CC2)C=C1.Cc1ccc2c(c1)c1ccccc1n2-c1ccccc1.Cc1ccccc1.Cc1ccccc1. The Bertz CT molecular complexity index is 3110. The first-order valence-corrected chi connectivity index (χ1v) is 25.0. The fraction of sp³-hybridized carbons (Fsp3) is 0.176. The average Bonchev–Trinajstić information content (AvgIpc) is 3.73. The smallest absolute Gasteiger partial charge is 0.0541 e. The first-order valence-electron chi connectivity index (χ1n) is 25.0. The molecule has 1 heterocycles. The number of aromatic nitrogens is 1. The fourth-order valence-corrected chi connectivity index (χ4v) is 9.23. The van der Waals surface area contributed by atoms with Crippen molar-refractivity contribution in [1.29, 1.82) is 0 Å². The Morgan fingerprint density at radius 3 is 1.54 bits per heavy atom. The molecule has 0 radical (unpaired) electrons. The van der Waals surface area contributed by atoms with Gasteiger partial charge in [-0.3, -0.25) is 0 Å². The highest BCUT2D eigenvalue weighted by atomic mass is 15.2. The van der Waals surface area contributed by atoms with Crippen molar-refractivity contribution in [2.75, 3.05) is 4.90 Å². The van der Waals surface area contributed by atoms with Crippen molar-refractivity contribution in [1.82, 2.24) is 4.57 Å². The lowest BCUT2D eigenvalue weighted by atomic mass is 9.86. The quantitative estimate of drug-likeness (QED) is 0.161. The standard InChI is InChI=1S/C33H33N.C19H15N.2C7H8.C2H6/c1-24-13-16-27(17-14-24)28-18-21-30(22-19-28)34(29-10-5-4-6-11-29)31-20-15-26(3)33(23-31)32-12-8-7-9-25(32)2;1-14-11-12-19-17(13-14)16-9-5-6-10-18(16)20(19)15-7-3-2-4-8-15;2*1-7-5-3-2-4-6-7;1-2/h4-21,30-31H,22-23H2,1-3H3;2-13H,1H3;2*2-6H,1H3;1-2H3. The van der Waals surface area contributed by atoms with Crippen LogP contribution >= 0.6 is 0 Å². The van der Waals surface area contributed by atoms with E-state index in [-0.39, 0.29) is 0 Å². The fourth-order valence-electron chi connectivity index (χ4n) is 9.23. The lowest BCUT2D eigenvalue weighted by Gasteiger charge is -2.40. The predicted octanol–water partition coefficient (Wildman–Crippen LogP) is 18.4. The van der Waals surface area contributed by atoms with Crippen LogP contribution in [0.25, 0.3) is 38.6 Å². The van der Waals surface area contributed by atoms with E-state index in [0.717, 1.165) is 12.8 Å². The van der Waals surface area contributed by atoms with Crippen LogP contribution in [0.5, 0.6) is 0 Å². The van der Waals surface area contributed by atoms with Gasteiger partial charge in [0.2, 0.25) is 0 Å². The van der Waals surface area contributed by atoms with Gasteiger partial charge in [-0.25, -0.2) is 0 Å². The number of para-hydroxylation sites is 3. The third-order valence-corrected chi connectivity index (χ3v) is 12.9. The molecular formula is C68H70N2. The van der Waals surface area contributed by atoms with Crippen molar-refractivity contribution in [3.63, 3.8) is 0 Å². The van der Waals surface area contributed by atoms with Gasteiger partial charge in [-0.15, -0.1) is 0 Å². The van der Waals surface area contributed by atoms with Crippen LogP contribution in [0.3, 0.4) is 0 Å². The molecule has 70 heavy (non-hydrogen) atoms. The summed E-state index contributed by atoms with van der Waals surface area (Å²) in [4.78, 5) is 2.61. The second-order valence-electron chi connectivity index (χ2n) is 18.1. The topological polar surface area (TPSA) is 8.17 Å². The number of rotatable bonds is 6. The highest BCUT2D eigenvalue weighted by molar-refractivity contribution is 6.09. The largest absolute Gasteiger partial charge is 0.358 e. The molecule has 0 fully saturated rings. The normalized spacial score (nSPS) is 14.7. The van der Waals surface area contributed by atoms with Crippen molar-refractivity contribution in [2.45, 2.75) is 80.3 Å². The van der Waals surface area contributed by atoms with E-state index in [0.29, 0.717) is 12.1 Å². The van der Waals surface area contributed by atoms with Crippen molar-refractivity contribution >= 4 is 38.6 Å². The molecule has 0 saturated carbocycles. The summed E-state index contributed by atoms with van der Waals surface area (Å²) in [6.45, 7) is 16.9. The summed E-state index contributed by atoms with van der Waals surface area (Å²) >= 11 is 0. The van der Waals surface area contributed by atoms with Crippen LogP contribution in [0, 0.1) is 34.6 Å². The molecule has 0 amide bonds. The van der Waals surface area contributed by atoms with E-state index in [2.05, 4.69) is 257 Å². The van der Waals surface area contributed by atoms with E-state index >= 15 is 0 Å². The van der Waals surface area contributed by atoms with Crippen LogP contribution in [0.15, 0.2) is 248 Å². The van der Waals surface area contributed by atoms with Crippen LogP contribution in [0.1, 0.15) is 72.6 Å². The minimum Gasteiger partial charge on any atom is -0.358 e. The molecule has 0 saturated heterocycles. The summed E-state index contributed by atoms with van der Waals surface area (Å²) in [7, 11) is 0. The molecule has 0 N–H and O–H groups in total. The molecule has 2 aliphatic rings. The van der Waals surface area contributed by atoms with Gasteiger partial charge in [-0.1, -0.05) is 236 Å². The zero-order chi connectivity index (χ0) is 49.2. The third-order valence-electron chi connectivity index (χ3n) is 12.9. The van der Waals surface area contributed by atoms with Crippen LogP contribution in [0.2, 0.25) is 0 Å². The monoisotopic (exact) mass is 915 g/mol. The van der Waals surface area contributed by atoms with E-state index in [1.807, 2.05) is 50.2 Å².